The number of ether oxygens (including phenoxy) is 2. The van der Waals surface area contributed by atoms with Crippen molar-refractivity contribution in [2.24, 2.45) is 5.41 Å². The van der Waals surface area contributed by atoms with Crippen molar-refractivity contribution in [3.8, 4) is 0 Å². The molecule has 2 rings (SSSR count). The Morgan fingerprint density at radius 1 is 1.29 bits per heavy atom. The van der Waals surface area contributed by atoms with Crippen LogP contribution in [-0.4, -0.2) is 52.5 Å². The molecule has 0 radical (unpaired) electrons. The molecule has 0 saturated carbocycles. The largest absolute Gasteiger partial charge is 0.427 e. The Morgan fingerprint density at radius 2 is 1.83 bits per heavy atom. The minimum atomic E-state index is -3.84. The molecule has 0 N–H and O–H groups in total. The number of amides is 1. The number of halogens is 1. The van der Waals surface area contributed by atoms with Crippen molar-refractivity contribution in [2.45, 2.75) is 55.6 Å². The van der Waals surface area contributed by atoms with Crippen LogP contribution in [0.25, 0.3) is 0 Å². The zero-order chi connectivity index (χ0) is 18.7. The molecule has 2 aliphatic heterocycles. The van der Waals surface area contributed by atoms with Crippen LogP contribution < -0.4 is 0 Å². The summed E-state index contributed by atoms with van der Waals surface area (Å²) in [6, 6.07) is -1.31. The van der Waals surface area contributed by atoms with Crippen molar-refractivity contribution < 1.29 is 32.3 Å². The summed E-state index contributed by atoms with van der Waals surface area (Å²) in [4.78, 5) is 36.9. The number of nitrogens with zero attached hydrogens (tertiary/aromatic N) is 1. The zero-order valence-corrected chi connectivity index (χ0v) is 16.5. The van der Waals surface area contributed by atoms with Gasteiger partial charge in [0.15, 0.2) is 15.9 Å². The quantitative estimate of drug-likeness (QED) is 0.217. The van der Waals surface area contributed by atoms with Crippen LogP contribution in [0, 0.1) is 5.41 Å². The number of carbonyl (C=O) groups excluding carboxylic acids is 3. The first-order valence-electron chi connectivity index (χ1n) is 7.27. The smallest absolute Gasteiger partial charge is 0.333 e. The van der Waals surface area contributed by atoms with Gasteiger partial charge in [0.05, 0.1) is 11.8 Å². The Balaban J connectivity index is 2.15. The molecule has 0 aliphatic carbocycles. The maximum Gasteiger partial charge on any atom is 0.333 e. The van der Waals surface area contributed by atoms with Crippen LogP contribution in [0.2, 0.25) is 0 Å². The van der Waals surface area contributed by atoms with E-state index in [-0.39, 0.29) is 6.42 Å². The second-order valence-electron chi connectivity index (χ2n) is 7.40. The summed E-state index contributed by atoms with van der Waals surface area (Å²) in [5.74, 6) is -1.96. The number of rotatable bonds is 3. The van der Waals surface area contributed by atoms with E-state index in [1.165, 1.54) is 13.8 Å². The molecular formula is C14H20BrNO7S. The van der Waals surface area contributed by atoms with Gasteiger partial charge < -0.3 is 9.47 Å². The van der Waals surface area contributed by atoms with E-state index < -0.39 is 54.5 Å². The highest BCUT2D eigenvalue weighted by Gasteiger charge is 2.76. The predicted molar refractivity (Wildman–Crippen MR) is 86.4 cm³/mol. The summed E-state index contributed by atoms with van der Waals surface area (Å²) >= 11 is 3.08. The maximum absolute atomic E-state index is 12.6. The lowest BCUT2D eigenvalue weighted by molar-refractivity contribution is -0.179. The molecule has 136 valence electrons. The molecule has 0 aromatic carbocycles. The summed E-state index contributed by atoms with van der Waals surface area (Å²) in [7, 11) is -3.84. The molecule has 2 aliphatic rings. The van der Waals surface area contributed by atoms with Crippen LogP contribution in [0.3, 0.4) is 0 Å². The average molecular weight is 426 g/mol. The van der Waals surface area contributed by atoms with Gasteiger partial charge in [-0.25, -0.2) is 13.2 Å². The predicted octanol–water partition coefficient (Wildman–Crippen LogP) is 0.933. The van der Waals surface area contributed by atoms with Gasteiger partial charge in [0.2, 0.25) is 16.5 Å². The number of fused-ring (bicyclic) bond motifs is 1. The van der Waals surface area contributed by atoms with Gasteiger partial charge in [-0.15, -0.1) is 0 Å². The van der Waals surface area contributed by atoms with Crippen molar-refractivity contribution in [3.63, 3.8) is 0 Å². The van der Waals surface area contributed by atoms with Gasteiger partial charge in [-0.2, -0.15) is 0 Å². The molecule has 0 bridgehead atoms. The topological polar surface area (TPSA) is 107 Å². The Bertz CT molecular complexity index is 709. The monoisotopic (exact) mass is 425 g/mol. The van der Waals surface area contributed by atoms with Gasteiger partial charge in [-0.3, -0.25) is 14.5 Å². The van der Waals surface area contributed by atoms with E-state index in [0.717, 1.165) is 4.90 Å². The third-order valence-electron chi connectivity index (χ3n) is 4.25. The number of sulfone groups is 1. The van der Waals surface area contributed by atoms with Gasteiger partial charge in [0, 0.05) is 0 Å². The first-order chi connectivity index (χ1) is 10.7. The molecular weight excluding hydrogens is 406 g/mol. The minimum Gasteiger partial charge on any atom is -0.427 e. The fourth-order valence-electron chi connectivity index (χ4n) is 2.70. The number of hydrogen-bond donors (Lipinski definition) is 0. The molecule has 2 atom stereocenters. The van der Waals surface area contributed by atoms with Crippen molar-refractivity contribution in [3.05, 3.63) is 0 Å². The normalized spacial score (nSPS) is 30.3. The second-order valence-corrected chi connectivity index (χ2v) is 12.0. The molecule has 0 spiro atoms. The number of hydrogen-bond acceptors (Lipinski definition) is 7. The first-order valence-corrected chi connectivity index (χ1v) is 9.54. The number of alkyl halides is 1. The van der Waals surface area contributed by atoms with Crippen molar-refractivity contribution >= 4 is 43.6 Å². The van der Waals surface area contributed by atoms with E-state index in [9.17, 15) is 22.8 Å². The van der Waals surface area contributed by atoms with E-state index >= 15 is 0 Å². The van der Waals surface area contributed by atoms with Gasteiger partial charge >= 0.3 is 11.9 Å². The fraction of sp³-hybridized carbons (Fsp3) is 0.786. The van der Waals surface area contributed by atoms with Crippen LogP contribution in [-0.2, 0) is 33.7 Å². The summed E-state index contributed by atoms with van der Waals surface area (Å²) in [5, 5.41) is 0. The van der Waals surface area contributed by atoms with Crippen LogP contribution >= 0.6 is 15.9 Å². The highest BCUT2D eigenvalue weighted by molar-refractivity contribution is 9.11. The molecule has 10 heteroatoms. The van der Waals surface area contributed by atoms with Gasteiger partial charge in [0.25, 0.3) is 0 Å². The second kappa shape index (κ2) is 5.42. The molecule has 1 amide bonds. The van der Waals surface area contributed by atoms with E-state index in [0.29, 0.717) is 0 Å². The fourth-order valence-corrected chi connectivity index (χ4v) is 6.68. The van der Waals surface area contributed by atoms with E-state index in [1.54, 1.807) is 20.8 Å². The molecule has 0 aromatic heterocycles. The molecule has 2 fully saturated rings. The van der Waals surface area contributed by atoms with Crippen molar-refractivity contribution in [1.29, 1.82) is 0 Å². The summed E-state index contributed by atoms with van der Waals surface area (Å²) in [5.41, 5.74) is -0.763. The Morgan fingerprint density at radius 3 is 2.29 bits per heavy atom. The van der Waals surface area contributed by atoms with Crippen LogP contribution in [0.15, 0.2) is 0 Å². The number of carbonyl (C=O) groups is 3. The van der Waals surface area contributed by atoms with Crippen molar-refractivity contribution in [2.75, 3.05) is 6.79 Å². The van der Waals surface area contributed by atoms with Crippen molar-refractivity contribution in [1.82, 2.24) is 4.90 Å². The Hall–Kier alpha value is -1.16. The van der Waals surface area contributed by atoms with E-state index in [4.69, 9.17) is 9.47 Å². The van der Waals surface area contributed by atoms with Crippen LogP contribution in [0.5, 0.6) is 0 Å². The minimum absolute atomic E-state index is 0.235. The Kier molecular flexibility index (Phi) is 4.33. The summed E-state index contributed by atoms with van der Waals surface area (Å²) < 4.78 is 31.9. The third kappa shape index (κ3) is 2.45. The molecule has 2 heterocycles. The van der Waals surface area contributed by atoms with Crippen LogP contribution in [0.4, 0.5) is 0 Å². The van der Waals surface area contributed by atoms with E-state index in [2.05, 4.69) is 15.9 Å². The highest BCUT2D eigenvalue weighted by Crippen LogP contribution is 2.57. The number of β-lactam (4-membered cyclic amide) rings is 1. The molecule has 8 nitrogen and oxygen atoms in total. The van der Waals surface area contributed by atoms with E-state index in [1.807, 2.05) is 0 Å². The average Bonchev–Trinajstić information content (AvgIpc) is 2.50. The zero-order valence-electron chi connectivity index (χ0n) is 14.1. The first kappa shape index (κ1) is 19.2. The molecule has 1 unspecified atom stereocenters. The lowest BCUT2D eigenvalue weighted by atomic mass is 9.97. The van der Waals surface area contributed by atoms with Gasteiger partial charge in [0.1, 0.15) is 4.75 Å². The number of esters is 2. The lowest BCUT2D eigenvalue weighted by Gasteiger charge is -2.42. The molecule has 24 heavy (non-hydrogen) atoms. The molecule has 0 aromatic rings. The SMILES string of the molecule is CC(C)(C)C(=O)OCOC(=O)[C@@H]1N2C(=O)CC2(Br)S(=O)(=O)C1(C)C. The lowest BCUT2D eigenvalue weighted by Crippen LogP contribution is -2.62. The third-order valence-corrected chi connectivity index (χ3v) is 8.96. The Labute approximate surface area is 148 Å². The van der Waals surface area contributed by atoms with Gasteiger partial charge in [-0.05, 0) is 50.5 Å². The maximum atomic E-state index is 12.6. The molecule has 2 saturated heterocycles. The highest BCUT2D eigenvalue weighted by atomic mass is 79.9. The van der Waals surface area contributed by atoms with Gasteiger partial charge in [-0.1, -0.05) is 0 Å². The van der Waals surface area contributed by atoms with Crippen LogP contribution in [0.1, 0.15) is 41.0 Å². The summed E-state index contributed by atoms with van der Waals surface area (Å²) in [6.45, 7) is 7.01. The summed E-state index contributed by atoms with van der Waals surface area (Å²) in [6.07, 6.45) is -0.235. The standard InChI is InChI=1S/C14H20BrNO7S/c1-12(2,3)11(19)23-7-22-10(18)9-13(4,5)24(20,21)14(15)6-8(17)16(9)14/h9H,6-7H2,1-5H3/t9-,14?/m0/s1.